The molecule has 1 aromatic carbocycles. The fourth-order valence-electron chi connectivity index (χ4n) is 2.50. The van der Waals surface area contributed by atoms with E-state index in [0.29, 0.717) is 0 Å². The van der Waals surface area contributed by atoms with Crippen LogP contribution in [0, 0.1) is 0 Å². The van der Waals surface area contributed by atoms with E-state index in [9.17, 15) is 27.6 Å². The van der Waals surface area contributed by atoms with Gasteiger partial charge in [-0.1, -0.05) is 6.07 Å². The summed E-state index contributed by atoms with van der Waals surface area (Å²) < 4.78 is 50.9. The number of nitrogens with zero attached hydrogens (tertiary/aromatic N) is 1. The van der Waals surface area contributed by atoms with Crippen molar-refractivity contribution in [3.8, 4) is 5.75 Å². The standard InChI is InChI=1S/C16H12F3N3O5/c1-26-10-5-2-4-9(8-10)22-13(24)15(16(17,18)19,21-14(22)25)20-12(23)11-6-3-7-27-11/h2-8H,1H3,(H,20,23)(H,21,25)/t15-/m0/s1. The summed E-state index contributed by atoms with van der Waals surface area (Å²) in [6, 6.07) is 6.37. The Labute approximate surface area is 149 Å². The van der Waals surface area contributed by atoms with Crippen LogP contribution in [0.15, 0.2) is 47.1 Å². The van der Waals surface area contributed by atoms with Crippen LogP contribution in [0.25, 0.3) is 0 Å². The second-order valence-corrected chi connectivity index (χ2v) is 5.45. The highest BCUT2D eigenvalue weighted by Gasteiger charge is 2.69. The van der Waals surface area contributed by atoms with Crippen molar-refractivity contribution in [2.45, 2.75) is 11.8 Å². The third kappa shape index (κ3) is 2.96. The third-order valence-corrected chi connectivity index (χ3v) is 3.80. The lowest BCUT2D eigenvalue weighted by atomic mass is 10.1. The third-order valence-electron chi connectivity index (χ3n) is 3.80. The molecule has 0 bridgehead atoms. The number of hydrogen-bond donors (Lipinski definition) is 2. The largest absolute Gasteiger partial charge is 0.497 e. The maximum Gasteiger partial charge on any atom is 0.440 e. The average Bonchev–Trinajstić information content (AvgIpc) is 3.22. The summed E-state index contributed by atoms with van der Waals surface area (Å²) in [7, 11) is 1.31. The van der Waals surface area contributed by atoms with Crippen LogP contribution in [0.4, 0.5) is 23.7 Å². The van der Waals surface area contributed by atoms with Crippen molar-refractivity contribution < 1.29 is 36.7 Å². The number of nitrogens with one attached hydrogen (secondary N) is 2. The minimum absolute atomic E-state index is 0.157. The summed E-state index contributed by atoms with van der Waals surface area (Å²) in [4.78, 5) is 37.2. The lowest BCUT2D eigenvalue weighted by Gasteiger charge is -2.29. The molecule has 2 aromatic rings. The first-order valence-corrected chi connectivity index (χ1v) is 7.43. The van der Waals surface area contributed by atoms with Crippen molar-refractivity contribution >= 4 is 23.5 Å². The Hall–Kier alpha value is -3.50. The highest BCUT2D eigenvalue weighted by Crippen LogP contribution is 2.36. The normalized spacial score (nSPS) is 19.8. The molecule has 2 heterocycles. The number of halogens is 3. The van der Waals surface area contributed by atoms with E-state index in [1.54, 1.807) is 0 Å². The Balaban J connectivity index is 2.01. The molecule has 0 unspecified atom stereocenters. The lowest BCUT2D eigenvalue weighted by molar-refractivity contribution is -0.197. The van der Waals surface area contributed by atoms with Gasteiger partial charge < -0.3 is 14.5 Å². The van der Waals surface area contributed by atoms with Gasteiger partial charge in [-0.25, -0.2) is 9.69 Å². The fraction of sp³-hybridized carbons (Fsp3) is 0.188. The molecule has 4 amide bonds. The van der Waals surface area contributed by atoms with Crippen LogP contribution in [-0.2, 0) is 4.79 Å². The van der Waals surface area contributed by atoms with Crippen molar-refractivity contribution in [2.24, 2.45) is 0 Å². The molecule has 0 radical (unpaired) electrons. The van der Waals surface area contributed by atoms with Gasteiger partial charge in [0.2, 0.25) is 0 Å². The van der Waals surface area contributed by atoms with Gasteiger partial charge in [0.05, 0.1) is 19.1 Å². The van der Waals surface area contributed by atoms with Crippen LogP contribution < -0.4 is 20.3 Å². The SMILES string of the molecule is COc1cccc(N2C(=O)N[C@](NC(=O)c3ccco3)(C(F)(F)F)C2=O)c1. The molecular weight excluding hydrogens is 371 g/mol. The van der Waals surface area contributed by atoms with E-state index in [4.69, 9.17) is 9.15 Å². The van der Waals surface area contributed by atoms with Crippen molar-refractivity contribution in [2.75, 3.05) is 12.0 Å². The van der Waals surface area contributed by atoms with Crippen LogP contribution in [0.3, 0.4) is 0 Å². The van der Waals surface area contributed by atoms with Gasteiger partial charge in [-0.3, -0.25) is 14.9 Å². The number of methoxy groups -OCH3 is 1. The quantitative estimate of drug-likeness (QED) is 0.787. The minimum atomic E-state index is -5.32. The van der Waals surface area contributed by atoms with E-state index >= 15 is 0 Å². The number of anilines is 1. The van der Waals surface area contributed by atoms with Crippen LogP contribution in [0.5, 0.6) is 5.75 Å². The number of carbonyl (C=O) groups excluding carboxylic acids is 3. The summed E-state index contributed by atoms with van der Waals surface area (Å²) in [5.74, 6) is -3.27. The molecule has 27 heavy (non-hydrogen) atoms. The Morgan fingerprint density at radius 1 is 1.26 bits per heavy atom. The van der Waals surface area contributed by atoms with Gasteiger partial charge in [-0.2, -0.15) is 13.2 Å². The van der Waals surface area contributed by atoms with Crippen LogP contribution >= 0.6 is 0 Å². The zero-order chi connectivity index (χ0) is 19.8. The molecular formula is C16H12F3N3O5. The average molecular weight is 383 g/mol. The maximum absolute atomic E-state index is 13.7. The Morgan fingerprint density at radius 2 is 2.00 bits per heavy atom. The van der Waals surface area contributed by atoms with Gasteiger partial charge in [-0.15, -0.1) is 0 Å². The second kappa shape index (κ2) is 6.34. The van der Waals surface area contributed by atoms with E-state index in [-0.39, 0.29) is 16.3 Å². The summed E-state index contributed by atoms with van der Waals surface area (Å²) in [6.07, 6.45) is -4.25. The first kappa shape index (κ1) is 18.3. The summed E-state index contributed by atoms with van der Waals surface area (Å²) in [5.41, 5.74) is -3.80. The van der Waals surface area contributed by atoms with Gasteiger partial charge in [0.1, 0.15) is 5.75 Å². The first-order valence-electron chi connectivity index (χ1n) is 7.43. The smallest absolute Gasteiger partial charge is 0.440 e. The minimum Gasteiger partial charge on any atom is -0.497 e. The highest BCUT2D eigenvalue weighted by atomic mass is 19.4. The number of furan rings is 1. The maximum atomic E-state index is 13.7. The van der Waals surface area contributed by atoms with E-state index in [2.05, 4.69) is 0 Å². The number of urea groups is 1. The number of hydrogen-bond acceptors (Lipinski definition) is 5. The van der Waals surface area contributed by atoms with E-state index < -0.39 is 35.4 Å². The Morgan fingerprint density at radius 3 is 2.59 bits per heavy atom. The molecule has 0 aliphatic carbocycles. The monoisotopic (exact) mass is 383 g/mol. The number of rotatable bonds is 4. The predicted molar refractivity (Wildman–Crippen MR) is 84.0 cm³/mol. The topological polar surface area (TPSA) is 101 Å². The molecule has 11 heteroatoms. The van der Waals surface area contributed by atoms with E-state index in [1.807, 2.05) is 0 Å². The second-order valence-electron chi connectivity index (χ2n) is 5.45. The van der Waals surface area contributed by atoms with Gasteiger partial charge in [0.25, 0.3) is 17.5 Å². The Kier molecular flexibility index (Phi) is 4.30. The molecule has 1 aliphatic heterocycles. The molecule has 1 fully saturated rings. The predicted octanol–water partition coefficient (Wildman–Crippen LogP) is 2.03. The van der Waals surface area contributed by atoms with E-state index in [0.717, 1.165) is 12.3 Å². The van der Waals surface area contributed by atoms with Crippen LogP contribution in [0.1, 0.15) is 10.6 Å². The first-order chi connectivity index (χ1) is 12.7. The number of carbonyl (C=O) groups is 3. The summed E-state index contributed by atoms with van der Waals surface area (Å²) in [5, 5.41) is 3.07. The zero-order valence-electron chi connectivity index (χ0n) is 13.7. The van der Waals surface area contributed by atoms with E-state index in [1.165, 1.54) is 48.1 Å². The van der Waals surface area contributed by atoms with Gasteiger partial charge in [-0.05, 0) is 24.3 Å². The molecule has 2 N–H and O–H groups in total. The number of ether oxygens (including phenoxy) is 1. The van der Waals surface area contributed by atoms with Crippen molar-refractivity contribution in [1.29, 1.82) is 0 Å². The van der Waals surface area contributed by atoms with Crippen LogP contribution in [-0.4, -0.2) is 36.8 Å². The van der Waals surface area contributed by atoms with Gasteiger partial charge in [0, 0.05) is 6.07 Å². The molecule has 1 aliphatic rings. The number of alkyl halides is 3. The summed E-state index contributed by atoms with van der Waals surface area (Å²) >= 11 is 0. The molecule has 0 spiro atoms. The number of imide groups is 1. The van der Waals surface area contributed by atoms with Crippen molar-refractivity contribution in [3.63, 3.8) is 0 Å². The molecule has 0 saturated carbocycles. The molecule has 8 nitrogen and oxygen atoms in total. The fourth-order valence-corrected chi connectivity index (χ4v) is 2.50. The Bertz CT molecular complexity index is 897. The van der Waals surface area contributed by atoms with Crippen molar-refractivity contribution in [1.82, 2.24) is 10.6 Å². The molecule has 1 atom stereocenters. The number of benzene rings is 1. The molecule has 142 valence electrons. The highest BCUT2D eigenvalue weighted by molar-refractivity contribution is 6.24. The molecule has 1 saturated heterocycles. The number of amides is 4. The molecule has 3 rings (SSSR count). The molecule has 1 aromatic heterocycles. The zero-order valence-corrected chi connectivity index (χ0v) is 13.7. The van der Waals surface area contributed by atoms with Crippen molar-refractivity contribution in [3.05, 3.63) is 48.4 Å². The van der Waals surface area contributed by atoms with Gasteiger partial charge in [0.15, 0.2) is 5.76 Å². The van der Waals surface area contributed by atoms with Crippen LogP contribution in [0.2, 0.25) is 0 Å². The van der Waals surface area contributed by atoms with Gasteiger partial charge >= 0.3 is 12.2 Å². The lowest BCUT2D eigenvalue weighted by Crippen LogP contribution is -2.69. The summed E-state index contributed by atoms with van der Waals surface area (Å²) in [6.45, 7) is 0.